The van der Waals surface area contributed by atoms with Crippen LogP contribution in [-0.2, 0) is 9.47 Å². The topological polar surface area (TPSA) is 57.3 Å². The van der Waals surface area contributed by atoms with Gasteiger partial charge in [-0.05, 0) is 46.6 Å². The van der Waals surface area contributed by atoms with Crippen LogP contribution in [0, 0.1) is 5.92 Å². The Morgan fingerprint density at radius 3 is 2.26 bits per heavy atom. The molecule has 3 rings (SSSR count). The van der Waals surface area contributed by atoms with E-state index in [1.165, 1.54) is 25.9 Å². The predicted octanol–water partition coefficient (Wildman–Crippen LogP) is 1.49. The van der Waals surface area contributed by atoms with Crippen LogP contribution >= 0.6 is 0 Å². The Kier molecular flexibility index (Phi) is 9.29. The van der Waals surface area contributed by atoms with E-state index in [0.717, 1.165) is 59.0 Å². The first-order chi connectivity index (χ1) is 12.8. The van der Waals surface area contributed by atoms with Gasteiger partial charge in [-0.3, -0.25) is 4.90 Å². The van der Waals surface area contributed by atoms with Gasteiger partial charge in [0.15, 0.2) is 0 Å². The molecule has 1 unspecified atom stereocenters. The molecule has 27 heavy (non-hydrogen) atoms. The molecule has 0 aromatic carbocycles. The fourth-order valence-corrected chi connectivity index (χ4v) is 3.53. The van der Waals surface area contributed by atoms with Crippen molar-refractivity contribution in [2.24, 2.45) is 5.92 Å². The molecule has 7 heteroatoms. The monoisotopic (exact) mass is 384 g/mol. The van der Waals surface area contributed by atoms with Gasteiger partial charge in [0, 0.05) is 65.5 Å². The summed E-state index contributed by atoms with van der Waals surface area (Å²) in [5, 5.41) is 3.27. The van der Waals surface area contributed by atoms with E-state index in [-0.39, 0.29) is 6.09 Å². The van der Waals surface area contributed by atoms with Gasteiger partial charge in [0.2, 0.25) is 0 Å². The molecule has 0 radical (unpaired) electrons. The molecule has 3 aliphatic heterocycles. The van der Waals surface area contributed by atoms with E-state index in [9.17, 15) is 4.79 Å². The molecule has 3 saturated heterocycles. The Bertz CT molecular complexity index is 421. The first-order valence-electron chi connectivity index (χ1n) is 10.5. The molecule has 0 spiro atoms. The highest BCUT2D eigenvalue weighted by molar-refractivity contribution is 5.68. The number of nitrogens with one attached hydrogen (secondary N) is 1. The van der Waals surface area contributed by atoms with E-state index in [1.54, 1.807) is 0 Å². The van der Waals surface area contributed by atoms with Crippen molar-refractivity contribution < 1.29 is 14.3 Å². The molecule has 0 aromatic heterocycles. The van der Waals surface area contributed by atoms with Gasteiger partial charge in [-0.15, -0.1) is 0 Å². The zero-order valence-corrected chi connectivity index (χ0v) is 17.8. The van der Waals surface area contributed by atoms with Crippen LogP contribution in [0.3, 0.4) is 0 Å². The Morgan fingerprint density at radius 2 is 1.78 bits per heavy atom. The number of hydrogen-bond donors (Lipinski definition) is 1. The van der Waals surface area contributed by atoms with Crippen LogP contribution in [0.15, 0.2) is 0 Å². The molecule has 0 aromatic rings. The molecule has 1 atom stereocenters. The second-order valence-electron chi connectivity index (χ2n) is 8.90. The van der Waals surface area contributed by atoms with E-state index in [1.807, 2.05) is 25.7 Å². The van der Waals surface area contributed by atoms with Crippen LogP contribution < -0.4 is 5.32 Å². The Hall–Kier alpha value is -0.890. The molecule has 3 heterocycles. The van der Waals surface area contributed by atoms with Crippen molar-refractivity contribution in [2.45, 2.75) is 39.2 Å². The summed E-state index contributed by atoms with van der Waals surface area (Å²) in [5.41, 5.74) is -0.409. The van der Waals surface area contributed by atoms with Crippen molar-refractivity contribution in [1.82, 2.24) is 20.0 Å². The van der Waals surface area contributed by atoms with Crippen molar-refractivity contribution in [1.29, 1.82) is 0 Å². The van der Waals surface area contributed by atoms with Crippen LogP contribution in [-0.4, -0.2) is 106 Å². The number of amides is 1. The fourth-order valence-electron chi connectivity index (χ4n) is 3.53. The molecule has 0 bridgehead atoms. The zero-order valence-electron chi connectivity index (χ0n) is 17.8. The summed E-state index contributed by atoms with van der Waals surface area (Å²) in [6.07, 6.45) is 2.27. The standard InChI is InChI=1S/C15H28N2O3.C5H12N2/c1-15(2,3)20-14(18)17-8-6-16(7-9-17)11-13-5-4-10-19-12-13;1-7-4-2-6-3-5-7/h13H,4-12H2,1-3H3;6H,2-5H2,1H3. The smallest absolute Gasteiger partial charge is 0.410 e. The SMILES string of the molecule is CC(C)(C)OC(=O)N1CCN(CC2CCCOC2)CC1.CN1CCNCC1. The van der Waals surface area contributed by atoms with Gasteiger partial charge in [0.05, 0.1) is 6.61 Å². The molecule has 7 nitrogen and oxygen atoms in total. The van der Waals surface area contributed by atoms with Crippen LogP contribution in [0.4, 0.5) is 4.79 Å². The molecular formula is C20H40N4O3. The Labute approximate surface area is 165 Å². The molecule has 158 valence electrons. The number of ether oxygens (including phenoxy) is 2. The molecule has 0 saturated carbocycles. The maximum atomic E-state index is 12.0. The minimum absolute atomic E-state index is 0.182. The normalized spacial score (nSPS) is 25.5. The lowest BCUT2D eigenvalue weighted by Gasteiger charge is -2.37. The molecule has 3 fully saturated rings. The van der Waals surface area contributed by atoms with Crippen molar-refractivity contribution in [3.05, 3.63) is 0 Å². The summed E-state index contributed by atoms with van der Waals surface area (Å²) in [4.78, 5) is 18.6. The minimum atomic E-state index is -0.409. The number of carbonyl (C=O) groups is 1. The number of nitrogens with zero attached hydrogens (tertiary/aromatic N) is 3. The van der Waals surface area contributed by atoms with Crippen LogP contribution in [0.25, 0.3) is 0 Å². The average Bonchev–Trinajstić information content (AvgIpc) is 2.63. The van der Waals surface area contributed by atoms with Gasteiger partial charge < -0.3 is 24.6 Å². The largest absolute Gasteiger partial charge is 0.444 e. The number of piperazine rings is 2. The number of rotatable bonds is 2. The highest BCUT2D eigenvalue weighted by Crippen LogP contribution is 2.17. The van der Waals surface area contributed by atoms with E-state index in [4.69, 9.17) is 9.47 Å². The highest BCUT2D eigenvalue weighted by atomic mass is 16.6. The third kappa shape index (κ3) is 9.23. The second kappa shape index (κ2) is 11.2. The summed E-state index contributed by atoms with van der Waals surface area (Å²) >= 11 is 0. The molecular weight excluding hydrogens is 344 g/mol. The minimum Gasteiger partial charge on any atom is -0.444 e. The Balaban J connectivity index is 0.000000313. The van der Waals surface area contributed by atoms with E-state index in [2.05, 4.69) is 22.2 Å². The zero-order chi connectivity index (χ0) is 19.7. The van der Waals surface area contributed by atoms with Gasteiger partial charge in [-0.1, -0.05) is 0 Å². The average molecular weight is 385 g/mol. The summed E-state index contributed by atoms with van der Waals surface area (Å²) in [6.45, 7) is 16.8. The number of likely N-dealkylation sites (N-methyl/N-ethyl adjacent to an activating group) is 1. The molecule has 1 amide bonds. The van der Waals surface area contributed by atoms with Gasteiger partial charge in [-0.2, -0.15) is 0 Å². The Morgan fingerprint density at radius 1 is 1.11 bits per heavy atom. The lowest BCUT2D eigenvalue weighted by atomic mass is 10.0. The number of carbonyl (C=O) groups excluding carboxylic acids is 1. The maximum Gasteiger partial charge on any atom is 0.410 e. The summed E-state index contributed by atoms with van der Waals surface area (Å²) in [6, 6.07) is 0. The summed E-state index contributed by atoms with van der Waals surface area (Å²) < 4.78 is 10.9. The van der Waals surface area contributed by atoms with Gasteiger partial charge in [0.25, 0.3) is 0 Å². The van der Waals surface area contributed by atoms with E-state index < -0.39 is 5.60 Å². The highest BCUT2D eigenvalue weighted by Gasteiger charge is 2.27. The predicted molar refractivity (Wildman–Crippen MR) is 108 cm³/mol. The first kappa shape index (κ1) is 22.4. The quantitative estimate of drug-likeness (QED) is 0.778. The lowest BCUT2D eigenvalue weighted by Crippen LogP contribution is -2.51. The molecule has 3 aliphatic rings. The fraction of sp³-hybridized carbons (Fsp3) is 0.950. The van der Waals surface area contributed by atoms with Crippen LogP contribution in [0.2, 0.25) is 0 Å². The first-order valence-corrected chi connectivity index (χ1v) is 10.5. The summed E-state index contributed by atoms with van der Waals surface area (Å²) in [5.74, 6) is 0.664. The second-order valence-corrected chi connectivity index (χ2v) is 8.90. The third-order valence-electron chi connectivity index (χ3n) is 5.14. The third-order valence-corrected chi connectivity index (χ3v) is 5.14. The van der Waals surface area contributed by atoms with Gasteiger partial charge in [-0.25, -0.2) is 4.79 Å². The molecule has 1 N–H and O–H groups in total. The van der Waals surface area contributed by atoms with Crippen molar-refractivity contribution in [3.63, 3.8) is 0 Å². The van der Waals surface area contributed by atoms with Crippen molar-refractivity contribution in [2.75, 3.05) is 79.2 Å². The van der Waals surface area contributed by atoms with Gasteiger partial charge >= 0.3 is 6.09 Å². The van der Waals surface area contributed by atoms with Crippen LogP contribution in [0.1, 0.15) is 33.6 Å². The lowest BCUT2D eigenvalue weighted by molar-refractivity contribution is 0.00551. The number of hydrogen-bond acceptors (Lipinski definition) is 6. The van der Waals surface area contributed by atoms with Gasteiger partial charge in [0.1, 0.15) is 5.60 Å². The van der Waals surface area contributed by atoms with Crippen molar-refractivity contribution in [3.8, 4) is 0 Å². The van der Waals surface area contributed by atoms with Crippen molar-refractivity contribution >= 4 is 6.09 Å². The summed E-state index contributed by atoms with van der Waals surface area (Å²) in [7, 11) is 2.15. The van der Waals surface area contributed by atoms with E-state index in [0.29, 0.717) is 5.92 Å². The maximum absolute atomic E-state index is 12.0. The van der Waals surface area contributed by atoms with E-state index >= 15 is 0 Å². The molecule has 0 aliphatic carbocycles. The van der Waals surface area contributed by atoms with Crippen LogP contribution in [0.5, 0.6) is 0 Å².